The number of benzene rings is 1. The fourth-order valence-electron chi connectivity index (χ4n) is 2.20. The zero-order valence-corrected chi connectivity index (χ0v) is 9.66. The average Bonchev–Trinajstić information content (AvgIpc) is 2.23. The third-order valence-electron chi connectivity index (χ3n) is 3.24. The Kier molecular flexibility index (Phi) is 2.96. The van der Waals surface area contributed by atoms with Gasteiger partial charge >= 0.3 is 0 Å². The summed E-state index contributed by atoms with van der Waals surface area (Å²) in [7, 11) is 0. The van der Waals surface area contributed by atoms with Crippen molar-refractivity contribution in [3.05, 3.63) is 29.3 Å². The van der Waals surface area contributed by atoms with Gasteiger partial charge in [-0.25, -0.2) is 0 Å². The van der Waals surface area contributed by atoms with Gasteiger partial charge in [-0.05, 0) is 43.9 Å². The minimum Gasteiger partial charge on any atom is -0.371 e. The summed E-state index contributed by atoms with van der Waals surface area (Å²) in [6.45, 7) is 6.54. The molecule has 0 unspecified atom stereocenters. The molecule has 0 saturated carbocycles. The maximum atomic E-state index is 5.92. The molecule has 0 amide bonds. The second-order valence-corrected chi connectivity index (χ2v) is 4.61. The molecular formula is C13H20N2. The van der Waals surface area contributed by atoms with E-state index in [9.17, 15) is 0 Å². The topological polar surface area (TPSA) is 29.3 Å². The van der Waals surface area contributed by atoms with Crippen molar-refractivity contribution in [3.63, 3.8) is 0 Å². The third kappa shape index (κ3) is 2.32. The van der Waals surface area contributed by atoms with E-state index < -0.39 is 0 Å². The van der Waals surface area contributed by atoms with Crippen LogP contribution in [0.4, 0.5) is 5.69 Å². The quantitative estimate of drug-likeness (QED) is 0.760. The Hall–Kier alpha value is -1.02. The van der Waals surface area contributed by atoms with Gasteiger partial charge < -0.3 is 10.6 Å². The number of rotatable bonds is 1. The van der Waals surface area contributed by atoms with E-state index in [-0.39, 0.29) is 0 Å². The Morgan fingerprint density at radius 3 is 2.53 bits per heavy atom. The van der Waals surface area contributed by atoms with Crippen molar-refractivity contribution in [1.82, 2.24) is 0 Å². The smallest absolute Gasteiger partial charge is 0.0398 e. The Bertz CT molecular complexity index is 338. The first kappa shape index (κ1) is 10.5. The van der Waals surface area contributed by atoms with Crippen molar-refractivity contribution < 1.29 is 0 Å². The summed E-state index contributed by atoms with van der Waals surface area (Å²) in [5, 5.41) is 0. The van der Waals surface area contributed by atoms with E-state index in [0.717, 1.165) is 25.9 Å². The van der Waals surface area contributed by atoms with E-state index in [1.54, 1.807) is 0 Å². The van der Waals surface area contributed by atoms with Crippen LogP contribution in [0.3, 0.4) is 0 Å². The first-order chi connectivity index (χ1) is 7.16. The van der Waals surface area contributed by atoms with Crippen molar-refractivity contribution in [2.75, 3.05) is 18.0 Å². The second-order valence-electron chi connectivity index (χ2n) is 4.61. The number of hydrogen-bond acceptors (Lipinski definition) is 2. The summed E-state index contributed by atoms with van der Waals surface area (Å²) >= 11 is 0. The minimum absolute atomic E-state index is 0.409. The molecule has 1 aromatic carbocycles. The summed E-state index contributed by atoms with van der Waals surface area (Å²) in [6.07, 6.45) is 2.24. The van der Waals surface area contributed by atoms with Gasteiger partial charge in [0, 0.05) is 24.8 Å². The number of aryl methyl sites for hydroxylation is 2. The highest BCUT2D eigenvalue weighted by atomic mass is 15.1. The molecule has 0 spiro atoms. The first-order valence-corrected chi connectivity index (χ1v) is 5.74. The highest BCUT2D eigenvalue weighted by Gasteiger charge is 2.17. The molecule has 0 aliphatic carbocycles. The average molecular weight is 204 g/mol. The predicted molar refractivity (Wildman–Crippen MR) is 65.3 cm³/mol. The lowest BCUT2D eigenvalue weighted by Crippen LogP contribution is -2.39. The van der Waals surface area contributed by atoms with Crippen LogP contribution in [-0.4, -0.2) is 19.1 Å². The summed E-state index contributed by atoms with van der Waals surface area (Å²) in [4.78, 5) is 2.46. The number of nitrogens with two attached hydrogens (primary N) is 1. The van der Waals surface area contributed by atoms with Gasteiger partial charge in [0.05, 0.1) is 0 Å². The lowest BCUT2D eigenvalue weighted by molar-refractivity contribution is 0.501. The van der Waals surface area contributed by atoms with Crippen LogP contribution in [0.5, 0.6) is 0 Å². The van der Waals surface area contributed by atoms with Crippen LogP contribution in [0, 0.1) is 13.8 Å². The zero-order chi connectivity index (χ0) is 10.8. The summed E-state index contributed by atoms with van der Waals surface area (Å²) < 4.78 is 0. The molecule has 1 heterocycles. The molecule has 1 fully saturated rings. The third-order valence-corrected chi connectivity index (χ3v) is 3.24. The molecule has 1 saturated heterocycles. The molecule has 2 nitrogen and oxygen atoms in total. The molecule has 2 N–H and O–H groups in total. The summed E-state index contributed by atoms with van der Waals surface area (Å²) in [5.74, 6) is 0. The molecule has 0 bridgehead atoms. The predicted octanol–water partition coefficient (Wildman–Crippen LogP) is 2.23. The largest absolute Gasteiger partial charge is 0.371 e. The van der Waals surface area contributed by atoms with Gasteiger partial charge in [-0.3, -0.25) is 0 Å². The van der Waals surface area contributed by atoms with Gasteiger partial charge in [0.2, 0.25) is 0 Å². The van der Waals surface area contributed by atoms with E-state index in [4.69, 9.17) is 5.73 Å². The molecule has 1 aliphatic heterocycles. The Labute approximate surface area is 92.1 Å². The number of hydrogen-bond donors (Lipinski definition) is 1. The van der Waals surface area contributed by atoms with Crippen molar-refractivity contribution >= 4 is 5.69 Å². The van der Waals surface area contributed by atoms with Crippen LogP contribution in [0.15, 0.2) is 18.2 Å². The maximum Gasteiger partial charge on any atom is 0.0398 e. The molecule has 0 atom stereocenters. The van der Waals surface area contributed by atoms with Crippen molar-refractivity contribution in [2.24, 2.45) is 5.73 Å². The normalized spacial score (nSPS) is 18.2. The maximum absolute atomic E-state index is 5.92. The number of nitrogens with zero attached hydrogens (tertiary/aromatic N) is 1. The molecule has 1 aliphatic rings. The van der Waals surface area contributed by atoms with E-state index >= 15 is 0 Å². The van der Waals surface area contributed by atoms with Crippen LogP contribution >= 0.6 is 0 Å². The van der Waals surface area contributed by atoms with Gasteiger partial charge in [-0.2, -0.15) is 0 Å². The van der Waals surface area contributed by atoms with Crippen molar-refractivity contribution in [2.45, 2.75) is 32.7 Å². The lowest BCUT2D eigenvalue weighted by Gasteiger charge is -2.33. The van der Waals surface area contributed by atoms with Crippen molar-refractivity contribution in [1.29, 1.82) is 0 Å². The highest BCUT2D eigenvalue weighted by molar-refractivity contribution is 5.55. The van der Waals surface area contributed by atoms with Crippen LogP contribution in [0.2, 0.25) is 0 Å². The molecule has 2 rings (SSSR count). The van der Waals surface area contributed by atoms with Crippen LogP contribution in [-0.2, 0) is 0 Å². The van der Waals surface area contributed by atoms with Crippen molar-refractivity contribution in [3.8, 4) is 0 Å². The Balaban J connectivity index is 2.18. The van der Waals surface area contributed by atoms with E-state index in [0.29, 0.717) is 6.04 Å². The molecule has 2 heteroatoms. The number of anilines is 1. The molecule has 1 aromatic rings. The van der Waals surface area contributed by atoms with Gasteiger partial charge in [0.25, 0.3) is 0 Å². The van der Waals surface area contributed by atoms with Gasteiger partial charge in [-0.15, -0.1) is 0 Å². The fourth-order valence-corrected chi connectivity index (χ4v) is 2.20. The van der Waals surface area contributed by atoms with E-state index in [1.165, 1.54) is 16.8 Å². The highest BCUT2D eigenvalue weighted by Crippen LogP contribution is 2.24. The van der Waals surface area contributed by atoms with Crippen LogP contribution in [0.25, 0.3) is 0 Å². The molecule has 0 aromatic heterocycles. The van der Waals surface area contributed by atoms with Gasteiger partial charge in [-0.1, -0.05) is 12.1 Å². The SMILES string of the molecule is Cc1ccc(C)c(N2CCC(N)CC2)c1. The van der Waals surface area contributed by atoms with Crippen LogP contribution in [0.1, 0.15) is 24.0 Å². The van der Waals surface area contributed by atoms with E-state index in [1.807, 2.05) is 0 Å². The molecule has 15 heavy (non-hydrogen) atoms. The monoisotopic (exact) mass is 204 g/mol. The molecule has 82 valence electrons. The first-order valence-electron chi connectivity index (χ1n) is 5.74. The van der Waals surface area contributed by atoms with Gasteiger partial charge in [0.1, 0.15) is 0 Å². The zero-order valence-electron chi connectivity index (χ0n) is 9.66. The van der Waals surface area contributed by atoms with E-state index in [2.05, 4.69) is 36.9 Å². The lowest BCUT2D eigenvalue weighted by atomic mass is 10.0. The van der Waals surface area contributed by atoms with Crippen LogP contribution < -0.4 is 10.6 Å². The standard InChI is InChI=1S/C13H20N2/c1-10-3-4-11(2)13(9-10)15-7-5-12(14)6-8-15/h3-4,9,12H,5-8,14H2,1-2H3. The summed E-state index contributed by atoms with van der Waals surface area (Å²) in [5.41, 5.74) is 10.0. The summed E-state index contributed by atoms with van der Waals surface area (Å²) in [6, 6.07) is 7.08. The van der Waals surface area contributed by atoms with Gasteiger partial charge in [0.15, 0.2) is 0 Å². The number of piperidine rings is 1. The minimum atomic E-state index is 0.409. The molecule has 0 radical (unpaired) electrons. The Morgan fingerprint density at radius 2 is 1.87 bits per heavy atom. The fraction of sp³-hybridized carbons (Fsp3) is 0.538. The Morgan fingerprint density at radius 1 is 1.20 bits per heavy atom. The second kappa shape index (κ2) is 4.23. The molecular weight excluding hydrogens is 184 g/mol.